The Morgan fingerprint density at radius 3 is 2.80 bits per heavy atom. The number of nitrogens with zero attached hydrogens (tertiary/aromatic N) is 2. The van der Waals surface area contributed by atoms with E-state index in [-0.39, 0.29) is 0 Å². The predicted molar refractivity (Wildman–Crippen MR) is 140 cm³/mol. The summed E-state index contributed by atoms with van der Waals surface area (Å²) >= 11 is 0. The Kier molecular flexibility index (Phi) is 6.07. The molecule has 1 fully saturated rings. The van der Waals surface area contributed by atoms with Crippen LogP contribution in [0.4, 0.5) is 0 Å². The van der Waals surface area contributed by atoms with E-state index in [1.165, 1.54) is 50.8 Å². The van der Waals surface area contributed by atoms with Crippen LogP contribution in [-0.2, 0) is 18.4 Å². The van der Waals surface area contributed by atoms with Crippen molar-refractivity contribution in [1.29, 1.82) is 0 Å². The quantitative estimate of drug-likeness (QED) is 0.460. The average Bonchev–Trinajstić information content (AvgIpc) is 3.07. The van der Waals surface area contributed by atoms with Gasteiger partial charge in [0.15, 0.2) is 0 Å². The van der Waals surface area contributed by atoms with E-state index in [0.717, 1.165) is 41.3 Å². The molecular weight excluding hydrogens is 432 g/mol. The highest BCUT2D eigenvalue weighted by Gasteiger charge is 2.38. The van der Waals surface area contributed by atoms with Gasteiger partial charge in [-0.3, -0.25) is 4.98 Å². The first-order valence-electron chi connectivity index (χ1n) is 13.0. The second-order valence-electron chi connectivity index (χ2n) is 10.2. The smallest absolute Gasteiger partial charge is 0.131 e. The van der Waals surface area contributed by atoms with E-state index in [2.05, 4.69) is 52.4 Å². The molecule has 0 N–H and O–H groups in total. The second kappa shape index (κ2) is 9.50. The van der Waals surface area contributed by atoms with Gasteiger partial charge >= 0.3 is 0 Å². The fourth-order valence-corrected chi connectivity index (χ4v) is 6.40. The topological polar surface area (TPSA) is 34.6 Å². The van der Waals surface area contributed by atoms with Crippen molar-refractivity contribution in [3.8, 4) is 11.5 Å². The van der Waals surface area contributed by atoms with Crippen LogP contribution >= 0.6 is 0 Å². The van der Waals surface area contributed by atoms with Crippen LogP contribution in [0.25, 0.3) is 5.57 Å². The SMILES string of the molecule is COc1ccc2c(c1)/C(=C/CCN1CCC3(CCCc4ccccc43)CC1)c1cccnc1CO2. The number of pyridine rings is 1. The molecule has 0 saturated carbocycles. The number of likely N-dealkylation sites (tertiary alicyclic amines) is 1. The lowest BCUT2D eigenvalue weighted by molar-refractivity contribution is 0.147. The van der Waals surface area contributed by atoms with Gasteiger partial charge in [-0.1, -0.05) is 36.4 Å². The minimum Gasteiger partial charge on any atom is -0.497 e. The molecule has 3 aliphatic rings. The standard InChI is InChI=1S/C31H34N2O2/c1-34-24-12-13-30-27(21-24)25(26-9-5-17-32-29(26)22-35-30)10-6-18-33-19-15-31(16-20-33)14-4-8-23-7-2-3-11-28(23)31/h2-3,5,7,9-13,17,21H,4,6,8,14-16,18-20,22H2,1H3/b25-10+. The van der Waals surface area contributed by atoms with Gasteiger partial charge in [0.05, 0.1) is 12.8 Å². The van der Waals surface area contributed by atoms with E-state index in [4.69, 9.17) is 9.47 Å². The molecule has 2 aromatic carbocycles. The highest BCUT2D eigenvalue weighted by molar-refractivity contribution is 5.85. The molecule has 0 bridgehead atoms. The molecular formula is C31H34N2O2. The number of fused-ring (bicyclic) bond motifs is 4. The molecule has 6 rings (SSSR count). The molecule has 1 aromatic heterocycles. The molecule has 1 aliphatic carbocycles. The summed E-state index contributed by atoms with van der Waals surface area (Å²) in [4.78, 5) is 7.27. The van der Waals surface area contributed by atoms with Crippen molar-refractivity contribution in [2.75, 3.05) is 26.7 Å². The largest absolute Gasteiger partial charge is 0.497 e. The average molecular weight is 467 g/mol. The molecule has 1 spiro atoms. The van der Waals surface area contributed by atoms with Crippen LogP contribution in [0.15, 0.2) is 66.9 Å². The molecule has 0 radical (unpaired) electrons. The van der Waals surface area contributed by atoms with Crippen molar-refractivity contribution in [1.82, 2.24) is 9.88 Å². The molecule has 2 aliphatic heterocycles. The van der Waals surface area contributed by atoms with Gasteiger partial charge in [0, 0.05) is 23.9 Å². The van der Waals surface area contributed by atoms with Crippen LogP contribution in [0.5, 0.6) is 11.5 Å². The maximum atomic E-state index is 6.12. The van der Waals surface area contributed by atoms with E-state index >= 15 is 0 Å². The third-order valence-electron chi connectivity index (χ3n) is 8.32. The molecule has 4 nitrogen and oxygen atoms in total. The molecule has 4 heteroatoms. The summed E-state index contributed by atoms with van der Waals surface area (Å²) in [6, 6.07) is 19.5. The first-order chi connectivity index (χ1) is 17.3. The monoisotopic (exact) mass is 466 g/mol. The highest BCUT2D eigenvalue weighted by Crippen LogP contribution is 2.45. The van der Waals surface area contributed by atoms with E-state index in [1.807, 2.05) is 24.4 Å². The van der Waals surface area contributed by atoms with E-state index in [1.54, 1.807) is 18.2 Å². The number of aromatic nitrogens is 1. The minimum atomic E-state index is 0.405. The van der Waals surface area contributed by atoms with Crippen LogP contribution in [0.3, 0.4) is 0 Å². The van der Waals surface area contributed by atoms with Crippen molar-refractivity contribution < 1.29 is 9.47 Å². The van der Waals surface area contributed by atoms with Crippen LogP contribution in [-0.4, -0.2) is 36.6 Å². The van der Waals surface area contributed by atoms with Crippen LogP contribution < -0.4 is 9.47 Å². The molecule has 1 saturated heterocycles. The summed E-state index contributed by atoms with van der Waals surface area (Å²) in [5.41, 5.74) is 8.08. The summed E-state index contributed by atoms with van der Waals surface area (Å²) in [6.07, 6.45) is 11.7. The Bertz CT molecular complexity index is 1240. The number of hydrogen-bond acceptors (Lipinski definition) is 4. The first-order valence-corrected chi connectivity index (χ1v) is 13.0. The number of methoxy groups -OCH3 is 1. The van der Waals surface area contributed by atoms with Crippen molar-refractivity contribution in [3.63, 3.8) is 0 Å². The van der Waals surface area contributed by atoms with Crippen molar-refractivity contribution >= 4 is 5.57 Å². The summed E-state index contributed by atoms with van der Waals surface area (Å²) < 4.78 is 11.7. The number of ether oxygens (including phenoxy) is 2. The number of rotatable bonds is 4. The van der Waals surface area contributed by atoms with Gasteiger partial charge in [0.25, 0.3) is 0 Å². The number of aryl methyl sites for hydroxylation is 1. The van der Waals surface area contributed by atoms with Gasteiger partial charge in [-0.25, -0.2) is 0 Å². The summed E-state index contributed by atoms with van der Waals surface area (Å²) in [5.74, 6) is 1.74. The number of benzene rings is 2. The van der Waals surface area contributed by atoms with Crippen LogP contribution in [0.1, 0.15) is 60.1 Å². The van der Waals surface area contributed by atoms with E-state index in [9.17, 15) is 0 Å². The minimum absolute atomic E-state index is 0.405. The highest BCUT2D eigenvalue weighted by atomic mass is 16.5. The lowest BCUT2D eigenvalue weighted by atomic mass is 9.65. The lowest BCUT2D eigenvalue weighted by Gasteiger charge is -2.45. The van der Waals surface area contributed by atoms with Gasteiger partial charge in [-0.15, -0.1) is 0 Å². The Morgan fingerprint density at radius 1 is 1.03 bits per heavy atom. The molecule has 0 atom stereocenters. The summed E-state index contributed by atoms with van der Waals surface area (Å²) in [6.45, 7) is 3.94. The Balaban J connectivity index is 1.20. The summed E-state index contributed by atoms with van der Waals surface area (Å²) in [7, 11) is 1.71. The third-order valence-corrected chi connectivity index (χ3v) is 8.32. The fourth-order valence-electron chi connectivity index (χ4n) is 6.40. The van der Waals surface area contributed by atoms with Crippen molar-refractivity contribution in [2.24, 2.45) is 0 Å². The normalized spacial score (nSPS) is 19.9. The molecule has 3 heterocycles. The van der Waals surface area contributed by atoms with Gasteiger partial charge in [0.2, 0.25) is 0 Å². The van der Waals surface area contributed by atoms with Crippen molar-refractivity contribution in [2.45, 2.75) is 50.5 Å². The van der Waals surface area contributed by atoms with Crippen molar-refractivity contribution in [3.05, 3.63) is 94.8 Å². The Morgan fingerprint density at radius 2 is 1.91 bits per heavy atom. The zero-order chi connectivity index (χ0) is 23.7. The molecule has 0 amide bonds. The lowest BCUT2D eigenvalue weighted by Crippen LogP contribution is -2.44. The molecule has 35 heavy (non-hydrogen) atoms. The zero-order valence-electron chi connectivity index (χ0n) is 20.6. The van der Waals surface area contributed by atoms with E-state index < -0.39 is 0 Å². The van der Waals surface area contributed by atoms with E-state index in [0.29, 0.717) is 12.0 Å². The predicted octanol–water partition coefficient (Wildman–Crippen LogP) is 6.17. The van der Waals surface area contributed by atoms with Gasteiger partial charge in [-0.2, -0.15) is 0 Å². The van der Waals surface area contributed by atoms with Crippen LogP contribution in [0.2, 0.25) is 0 Å². The number of hydrogen-bond donors (Lipinski definition) is 0. The molecule has 180 valence electrons. The molecule has 3 aromatic rings. The summed E-state index contributed by atoms with van der Waals surface area (Å²) in [5, 5.41) is 0. The second-order valence-corrected chi connectivity index (χ2v) is 10.2. The first kappa shape index (κ1) is 22.4. The van der Waals surface area contributed by atoms with Crippen LogP contribution in [0, 0.1) is 0 Å². The fraction of sp³-hybridized carbons (Fsp3) is 0.387. The van der Waals surface area contributed by atoms with Gasteiger partial charge in [-0.05, 0) is 98.0 Å². The maximum absolute atomic E-state index is 6.12. The maximum Gasteiger partial charge on any atom is 0.131 e. The van der Waals surface area contributed by atoms with Gasteiger partial charge in [0.1, 0.15) is 18.1 Å². The Hall–Kier alpha value is -3.11. The molecule has 0 unspecified atom stereocenters. The third kappa shape index (κ3) is 4.25. The van der Waals surface area contributed by atoms with Gasteiger partial charge < -0.3 is 14.4 Å². The zero-order valence-corrected chi connectivity index (χ0v) is 20.6. The number of piperidine rings is 1. The Labute approximate surface area is 208 Å².